The van der Waals surface area contributed by atoms with Crippen LogP contribution in [0.15, 0.2) is 0 Å². The van der Waals surface area contributed by atoms with Gasteiger partial charge < -0.3 is 15.2 Å². The van der Waals surface area contributed by atoms with Crippen molar-refractivity contribution < 1.29 is 14.3 Å². The molecule has 0 spiro atoms. The summed E-state index contributed by atoms with van der Waals surface area (Å²) >= 11 is 0. The van der Waals surface area contributed by atoms with E-state index in [2.05, 4.69) is 0 Å². The van der Waals surface area contributed by atoms with Crippen molar-refractivity contribution in [3.63, 3.8) is 0 Å². The Balaban J connectivity index is 2.57. The number of carbonyl (C=O) groups excluding carboxylic acids is 1. The molecule has 1 saturated carbocycles. The molecule has 14 heavy (non-hydrogen) atoms. The van der Waals surface area contributed by atoms with Crippen molar-refractivity contribution in [2.75, 3.05) is 13.7 Å². The van der Waals surface area contributed by atoms with Crippen LogP contribution in [-0.4, -0.2) is 31.3 Å². The number of ether oxygens (including phenoxy) is 2. The molecule has 0 heterocycles. The number of methoxy groups -OCH3 is 1. The van der Waals surface area contributed by atoms with Crippen molar-refractivity contribution in [1.82, 2.24) is 0 Å². The fraction of sp³-hybridized carbons (Fsp3) is 0.900. The minimum atomic E-state index is -0.932. The van der Waals surface area contributed by atoms with Crippen LogP contribution in [0.4, 0.5) is 0 Å². The molecule has 1 aliphatic rings. The Morgan fingerprint density at radius 3 is 2.50 bits per heavy atom. The van der Waals surface area contributed by atoms with Gasteiger partial charge in [-0.2, -0.15) is 0 Å². The van der Waals surface area contributed by atoms with Crippen LogP contribution in [0.5, 0.6) is 0 Å². The summed E-state index contributed by atoms with van der Waals surface area (Å²) in [6.07, 6.45) is 2.07. The van der Waals surface area contributed by atoms with E-state index in [1.54, 1.807) is 0 Å². The van der Waals surface area contributed by atoms with Crippen LogP contribution in [0.25, 0.3) is 0 Å². The van der Waals surface area contributed by atoms with Crippen LogP contribution in [0.1, 0.15) is 26.7 Å². The average Bonchev–Trinajstić information content (AvgIpc) is 2.96. The van der Waals surface area contributed by atoms with Gasteiger partial charge >= 0.3 is 5.97 Å². The first-order valence-corrected chi connectivity index (χ1v) is 4.99. The van der Waals surface area contributed by atoms with Crippen LogP contribution < -0.4 is 5.73 Å². The fourth-order valence-corrected chi connectivity index (χ4v) is 1.44. The molecule has 4 heteroatoms. The summed E-state index contributed by atoms with van der Waals surface area (Å²) in [6.45, 7) is 4.09. The molecule has 0 aromatic heterocycles. The van der Waals surface area contributed by atoms with Crippen molar-refractivity contribution in [2.45, 2.75) is 38.3 Å². The summed E-state index contributed by atoms with van der Waals surface area (Å²) in [7, 11) is 1.36. The van der Waals surface area contributed by atoms with Gasteiger partial charge in [-0.25, -0.2) is 4.79 Å². The van der Waals surface area contributed by atoms with Gasteiger partial charge in [0.05, 0.1) is 19.8 Å². The lowest BCUT2D eigenvalue weighted by molar-refractivity contribution is -0.151. The van der Waals surface area contributed by atoms with Crippen molar-refractivity contribution in [3.8, 4) is 0 Å². The normalized spacial score (nSPS) is 20.6. The Morgan fingerprint density at radius 1 is 1.57 bits per heavy atom. The molecule has 0 aromatic carbocycles. The highest BCUT2D eigenvalue weighted by Crippen LogP contribution is 2.39. The Kier molecular flexibility index (Phi) is 3.50. The second-order valence-electron chi connectivity index (χ2n) is 4.17. The van der Waals surface area contributed by atoms with E-state index in [-0.39, 0.29) is 24.6 Å². The monoisotopic (exact) mass is 201 g/mol. The predicted molar refractivity (Wildman–Crippen MR) is 52.7 cm³/mol. The molecule has 0 bridgehead atoms. The van der Waals surface area contributed by atoms with Gasteiger partial charge in [0.1, 0.15) is 5.54 Å². The molecule has 0 amide bonds. The SMILES string of the molecule is COC(=O)C(N)(COC(C)C)C1CC1. The maximum absolute atomic E-state index is 11.5. The Morgan fingerprint density at radius 2 is 2.14 bits per heavy atom. The topological polar surface area (TPSA) is 61.5 Å². The first kappa shape index (κ1) is 11.5. The second kappa shape index (κ2) is 4.28. The van der Waals surface area contributed by atoms with Gasteiger partial charge in [0.25, 0.3) is 0 Å². The zero-order valence-electron chi connectivity index (χ0n) is 9.08. The molecule has 1 fully saturated rings. The smallest absolute Gasteiger partial charge is 0.328 e. The van der Waals surface area contributed by atoms with Crippen LogP contribution >= 0.6 is 0 Å². The first-order chi connectivity index (χ1) is 6.50. The minimum Gasteiger partial charge on any atom is -0.468 e. The van der Waals surface area contributed by atoms with Crippen molar-refractivity contribution in [2.24, 2.45) is 11.7 Å². The number of nitrogens with two attached hydrogens (primary N) is 1. The molecule has 0 aliphatic heterocycles. The minimum absolute atomic E-state index is 0.0846. The Bertz CT molecular complexity index is 213. The third-order valence-electron chi connectivity index (χ3n) is 2.53. The van der Waals surface area contributed by atoms with E-state index in [0.29, 0.717) is 0 Å². The van der Waals surface area contributed by atoms with Gasteiger partial charge in [-0.05, 0) is 32.6 Å². The molecule has 1 rings (SSSR count). The lowest BCUT2D eigenvalue weighted by atomic mass is 9.96. The molecule has 1 aliphatic carbocycles. The molecular formula is C10H19NO3. The summed E-state index contributed by atoms with van der Waals surface area (Å²) < 4.78 is 10.1. The van der Waals surface area contributed by atoms with Gasteiger partial charge in [0.2, 0.25) is 0 Å². The summed E-state index contributed by atoms with van der Waals surface area (Å²) in [5, 5.41) is 0. The number of esters is 1. The molecule has 0 radical (unpaired) electrons. The Hall–Kier alpha value is -0.610. The van der Waals surface area contributed by atoms with E-state index >= 15 is 0 Å². The van der Waals surface area contributed by atoms with Crippen molar-refractivity contribution in [3.05, 3.63) is 0 Å². The Labute approximate surface area is 84.7 Å². The second-order valence-corrected chi connectivity index (χ2v) is 4.17. The van der Waals surface area contributed by atoms with Crippen LogP contribution in [0.2, 0.25) is 0 Å². The van der Waals surface area contributed by atoms with Gasteiger partial charge in [-0.1, -0.05) is 0 Å². The average molecular weight is 201 g/mol. The predicted octanol–water partition coefficient (Wildman–Crippen LogP) is 0.692. The summed E-state index contributed by atoms with van der Waals surface area (Å²) in [5.41, 5.74) is 5.07. The van der Waals surface area contributed by atoms with Crippen molar-refractivity contribution in [1.29, 1.82) is 0 Å². The summed E-state index contributed by atoms with van der Waals surface area (Å²) in [4.78, 5) is 11.5. The highest BCUT2D eigenvalue weighted by Gasteiger charge is 2.49. The van der Waals surface area contributed by atoms with E-state index in [9.17, 15) is 4.79 Å². The number of hydrogen-bond donors (Lipinski definition) is 1. The standard InChI is InChI=1S/C10H19NO3/c1-7(2)14-6-10(11,8-4-5-8)9(12)13-3/h7-8H,4-6,11H2,1-3H3. The highest BCUT2D eigenvalue weighted by molar-refractivity contribution is 5.81. The van der Waals surface area contributed by atoms with E-state index < -0.39 is 5.54 Å². The lowest BCUT2D eigenvalue weighted by Crippen LogP contribution is -2.55. The molecule has 1 unspecified atom stereocenters. The molecular weight excluding hydrogens is 182 g/mol. The first-order valence-electron chi connectivity index (χ1n) is 4.99. The molecule has 1 atom stereocenters. The molecule has 0 aromatic rings. The zero-order valence-corrected chi connectivity index (χ0v) is 9.08. The van der Waals surface area contributed by atoms with E-state index in [1.807, 2.05) is 13.8 Å². The molecule has 4 nitrogen and oxygen atoms in total. The van der Waals surface area contributed by atoms with Gasteiger partial charge in [0, 0.05) is 0 Å². The van der Waals surface area contributed by atoms with Gasteiger partial charge in [-0.3, -0.25) is 0 Å². The molecule has 82 valence electrons. The third-order valence-corrected chi connectivity index (χ3v) is 2.53. The highest BCUT2D eigenvalue weighted by atomic mass is 16.5. The van der Waals surface area contributed by atoms with Crippen molar-refractivity contribution >= 4 is 5.97 Å². The largest absolute Gasteiger partial charge is 0.468 e. The zero-order chi connectivity index (χ0) is 10.8. The number of carbonyl (C=O) groups is 1. The lowest BCUT2D eigenvalue weighted by Gasteiger charge is -2.27. The maximum atomic E-state index is 11.5. The summed E-state index contributed by atoms with van der Waals surface area (Å²) in [5.74, 6) is -0.130. The number of rotatable bonds is 5. The van der Waals surface area contributed by atoms with E-state index in [0.717, 1.165) is 12.8 Å². The summed E-state index contributed by atoms with van der Waals surface area (Å²) in [6, 6.07) is 0. The quantitative estimate of drug-likeness (QED) is 0.665. The molecule has 0 saturated heterocycles. The van der Waals surface area contributed by atoms with E-state index in [1.165, 1.54) is 7.11 Å². The van der Waals surface area contributed by atoms with Crippen LogP contribution in [0.3, 0.4) is 0 Å². The van der Waals surface area contributed by atoms with E-state index in [4.69, 9.17) is 15.2 Å². The van der Waals surface area contributed by atoms with Crippen LogP contribution in [0, 0.1) is 5.92 Å². The third kappa shape index (κ3) is 2.45. The molecule has 2 N–H and O–H groups in total. The fourth-order valence-electron chi connectivity index (χ4n) is 1.44. The number of hydrogen-bond acceptors (Lipinski definition) is 4. The van der Waals surface area contributed by atoms with Gasteiger partial charge in [0.15, 0.2) is 0 Å². The van der Waals surface area contributed by atoms with Crippen LogP contribution in [-0.2, 0) is 14.3 Å². The van der Waals surface area contributed by atoms with Gasteiger partial charge in [-0.15, -0.1) is 0 Å². The maximum Gasteiger partial charge on any atom is 0.328 e.